The number of nitrogens with zero attached hydrogens (tertiary/aromatic N) is 2. The summed E-state index contributed by atoms with van der Waals surface area (Å²) in [7, 11) is 0. The first-order valence-corrected chi connectivity index (χ1v) is 7.95. The highest BCUT2D eigenvalue weighted by molar-refractivity contribution is 6.21. The summed E-state index contributed by atoms with van der Waals surface area (Å²) < 4.78 is 27.4. The third kappa shape index (κ3) is 2.14. The predicted molar refractivity (Wildman–Crippen MR) is 79.5 cm³/mol. The normalized spacial score (nSPS) is 30.7. The Bertz CT molecular complexity index is 701. The Labute approximate surface area is 137 Å². The van der Waals surface area contributed by atoms with Gasteiger partial charge in [0.2, 0.25) is 12.3 Å². The lowest BCUT2D eigenvalue weighted by Gasteiger charge is -2.28. The number of rotatable bonds is 3. The molecule has 5 nitrogen and oxygen atoms in total. The van der Waals surface area contributed by atoms with Crippen molar-refractivity contribution in [2.75, 3.05) is 13.1 Å². The van der Waals surface area contributed by atoms with E-state index in [1.54, 1.807) is 24.3 Å². The molecule has 3 atom stereocenters. The largest absolute Gasteiger partial charge is 0.340 e. The number of alkyl halides is 2. The molecule has 7 heteroatoms. The van der Waals surface area contributed by atoms with Crippen molar-refractivity contribution in [2.24, 2.45) is 11.8 Å². The monoisotopic (exact) mass is 334 g/mol. The first kappa shape index (κ1) is 15.2. The third-order valence-electron chi connectivity index (χ3n) is 5.45. The second kappa shape index (κ2) is 5.09. The number of halogens is 2. The standard InChI is InChI=1S/C17H16F2N2O3/c18-17(19)5-10-7-20(9-22)14(13(10)6-17)8-21-15(23)11-3-1-2-4-12(11)16(21)24/h1-4,9-10,13-14H,5-8H2/t10-,13-,14?/m0/s1. The van der Waals surface area contributed by atoms with Gasteiger partial charge in [0, 0.05) is 19.4 Å². The maximum absolute atomic E-state index is 13.7. The van der Waals surface area contributed by atoms with E-state index in [2.05, 4.69) is 0 Å². The molecule has 24 heavy (non-hydrogen) atoms. The van der Waals surface area contributed by atoms with Crippen molar-refractivity contribution in [1.82, 2.24) is 9.80 Å². The van der Waals surface area contributed by atoms with Gasteiger partial charge >= 0.3 is 0 Å². The smallest absolute Gasteiger partial charge is 0.261 e. The van der Waals surface area contributed by atoms with Gasteiger partial charge in [0.25, 0.3) is 11.8 Å². The summed E-state index contributed by atoms with van der Waals surface area (Å²) >= 11 is 0. The molecule has 0 bridgehead atoms. The van der Waals surface area contributed by atoms with Crippen LogP contribution in [-0.2, 0) is 4.79 Å². The topological polar surface area (TPSA) is 57.7 Å². The van der Waals surface area contributed by atoms with Crippen LogP contribution in [0.2, 0.25) is 0 Å². The van der Waals surface area contributed by atoms with E-state index in [9.17, 15) is 23.2 Å². The Morgan fingerprint density at radius 2 is 1.75 bits per heavy atom. The zero-order valence-electron chi connectivity index (χ0n) is 12.8. The van der Waals surface area contributed by atoms with Crippen LogP contribution in [0.4, 0.5) is 8.78 Å². The second-order valence-electron chi connectivity index (χ2n) is 6.82. The van der Waals surface area contributed by atoms with Gasteiger partial charge in [-0.15, -0.1) is 0 Å². The molecule has 1 saturated carbocycles. The Kier molecular flexibility index (Phi) is 3.23. The van der Waals surface area contributed by atoms with Gasteiger partial charge in [0.15, 0.2) is 0 Å². The molecule has 0 radical (unpaired) electrons. The number of hydrogen-bond acceptors (Lipinski definition) is 3. The molecule has 1 aliphatic carbocycles. The van der Waals surface area contributed by atoms with E-state index in [4.69, 9.17) is 0 Å². The van der Waals surface area contributed by atoms with Crippen LogP contribution in [0.3, 0.4) is 0 Å². The van der Waals surface area contributed by atoms with Crippen molar-refractivity contribution in [3.05, 3.63) is 35.4 Å². The van der Waals surface area contributed by atoms with Crippen LogP contribution < -0.4 is 0 Å². The first-order valence-electron chi connectivity index (χ1n) is 7.95. The number of amides is 3. The van der Waals surface area contributed by atoms with Gasteiger partial charge in [-0.25, -0.2) is 8.78 Å². The molecular weight excluding hydrogens is 318 g/mol. The fourth-order valence-electron chi connectivity index (χ4n) is 4.39. The molecule has 1 unspecified atom stereocenters. The highest BCUT2D eigenvalue weighted by Gasteiger charge is 2.55. The SMILES string of the molecule is O=CN1C[C@@H]2CC(F)(F)C[C@@H]2C1CN1C(=O)c2ccccc2C1=O. The van der Waals surface area contributed by atoms with Crippen LogP contribution in [0.15, 0.2) is 24.3 Å². The summed E-state index contributed by atoms with van der Waals surface area (Å²) in [4.78, 5) is 38.8. The molecule has 2 aliphatic heterocycles. The number of likely N-dealkylation sites (tertiary alicyclic amines) is 1. The molecule has 0 N–H and O–H groups in total. The van der Waals surface area contributed by atoms with Gasteiger partial charge in [-0.3, -0.25) is 19.3 Å². The van der Waals surface area contributed by atoms with Crippen LogP contribution in [-0.4, -0.2) is 53.1 Å². The minimum absolute atomic E-state index is 0.0255. The lowest BCUT2D eigenvalue weighted by atomic mass is 9.93. The number of carbonyl (C=O) groups is 3. The van der Waals surface area contributed by atoms with Gasteiger partial charge in [-0.2, -0.15) is 0 Å². The highest BCUT2D eigenvalue weighted by Crippen LogP contribution is 2.49. The van der Waals surface area contributed by atoms with E-state index < -0.39 is 23.8 Å². The van der Waals surface area contributed by atoms with Crippen molar-refractivity contribution >= 4 is 18.2 Å². The Morgan fingerprint density at radius 3 is 2.33 bits per heavy atom. The molecule has 3 amide bonds. The molecule has 2 heterocycles. The minimum Gasteiger partial charge on any atom is -0.340 e. The van der Waals surface area contributed by atoms with Crippen molar-refractivity contribution in [1.29, 1.82) is 0 Å². The predicted octanol–water partition coefficient (Wildman–Crippen LogP) is 1.78. The van der Waals surface area contributed by atoms with E-state index in [1.807, 2.05) is 0 Å². The first-order chi connectivity index (χ1) is 11.4. The fourth-order valence-corrected chi connectivity index (χ4v) is 4.39. The molecule has 1 aromatic carbocycles. The van der Waals surface area contributed by atoms with Crippen LogP contribution in [0.25, 0.3) is 0 Å². The van der Waals surface area contributed by atoms with Gasteiger partial charge in [0.05, 0.1) is 23.7 Å². The highest BCUT2D eigenvalue weighted by atomic mass is 19.3. The Hall–Kier alpha value is -2.31. The number of fused-ring (bicyclic) bond motifs is 2. The van der Waals surface area contributed by atoms with Crippen LogP contribution >= 0.6 is 0 Å². The molecular formula is C17H16F2N2O3. The molecule has 3 aliphatic rings. The molecule has 1 saturated heterocycles. The van der Waals surface area contributed by atoms with Crippen LogP contribution in [0.5, 0.6) is 0 Å². The number of carbonyl (C=O) groups excluding carboxylic acids is 3. The van der Waals surface area contributed by atoms with Crippen molar-refractivity contribution in [3.63, 3.8) is 0 Å². The van der Waals surface area contributed by atoms with Gasteiger partial charge in [0.1, 0.15) is 0 Å². The Morgan fingerprint density at radius 1 is 1.12 bits per heavy atom. The Balaban J connectivity index is 1.60. The molecule has 4 rings (SSSR count). The summed E-state index contributed by atoms with van der Waals surface area (Å²) in [5, 5.41) is 0. The maximum Gasteiger partial charge on any atom is 0.261 e. The van der Waals surface area contributed by atoms with Crippen molar-refractivity contribution in [3.8, 4) is 0 Å². The second-order valence-corrected chi connectivity index (χ2v) is 6.82. The van der Waals surface area contributed by atoms with E-state index in [-0.39, 0.29) is 37.8 Å². The molecule has 1 aromatic rings. The van der Waals surface area contributed by atoms with E-state index in [0.29, 0.717) is 17.5 Å². The molecule has 0 aromatic heterocycles. The summed E-state index contributed by atoms with van der Waals surface area (Å²) in [6, 6.07) is 5.97. The molecule has 0 spiro atoms. The average molecular weight is 334 g/mol. The van der Waals surface area contributed by atoms with Crippen LogP contribution in [0.1, 0.15) is 33.6 Å². The lowest BCUT2D eigenvalue weighted by molar-refractivity contribution is -0.120. The van der Waals surface area contributed by atoms with Gasteiger partial charge in [-0.05, 0) is 24.0 Å². The van der Waals surface area contributed by atoms with Crippen molar-refractivity contribution < 1.29 is 23.2 Å². The molecule has 126 valence electrons. The van der Waals surface area contributed by atoms with E-state index in [1.165, 1.54) is 4.90 Å². The number of hydrogen-bond donors (Lipinski definition) is 0. The summed E-state index contributed by atoms with van der Waals surface area (Å²) in [6.45, 7) is 0.236. The van der Waals surface area contributed by atoms with Gasteiger partial charge < -0.3 is 4.90 Å². The van der Waals surface area contributed by atoms with E-state index in [0.717, 1.165) is 4.90 Å². The van der Waals surface area contributed by atoms with Crippen molar-refractivity contribution in [2.45, 2.75) is 24.8 Å². The number of benzene rings is 1. The summed E-state index contributed by atoms with van der Waals surface area (Å²) in [6.07, 6.45) is 0.107. The zero-order chi connectivity index (χ0) is 17.1. The average Bonchev–Trinajstić information content (AvgIpc) is 3.10. The lowest BCUT2D eigenvalue weighted by Crippen LogP contribution is -2.45. The molecule has 2 fully saturated rings. The van der Waals surface area contributed by atoms with E-state index >= 15 is 0 Å². The maximum atomic E-state index is 13.7. The van der Waals surface area contributed by atoms with Gasteiger partial charge in [-0.1, -0.05) is 12.1 Å². The quantitative estimate of drug-likeness (QED) is 0.625. The summed E-state index contributed by atoms with van der Waals surface area (Å²) in [5.41, 5.74) is 0.651. The fraction of sp³-hybridized carbons (Fsp3) is 0.471. The third-order valence-corrected chi connectivity index (χ3v) is 5.45. The summed E-state index contributed by atoms with van der Waals surface area (Å²) in [5.74, 6) is -4.23. The van der Waals surface area contributed by atoms with Crippen LogP contribution in [0, 0.1) is 11.8 Å². The minimum atomic E-state index is -2.73. The zero-order valence-corrected chi connectivity index (χ0v) is 12.8. The number of imide groups is 1.